The number of H-pyrrole nitrogens is 1. The number of carbonyl (C=O) groups excluding carboxylic acids is 4. The summed E-state index contributed by atoms with van der Waals surface area (Å²) in [5, 5.41) is 14.7. The topological polar surface area (TPSA) is 166 Å². The Morgan fingerprint density at radius 3 is 1.90 bits per heavy atom. The van der Waals surface area contributed by atoms with Gasteiger partial charge in [-0.05, 0) is 48.6 Å². The second-order valence-electron chi connectivity index (χ2n) is 12.1. The standard InChI is InChI=1S/C40H41N7O5/c1-27(30-16-8-4-9-17-30)44-46-37(48)23-22-35(43-40(51)52-26-29-14-6-3-7-15-29)38(49)42-36(24-32-25-41-34-21-13-12-20-33(32)34)39(50)47-45-28(2)31-18-10-5-11-19-31/h3-21,25,35-36,41H,22-24,26H2,1-2H3,(H,42,49)(H,43,51)(H,46,48)(H,47,50)/b44-27-,45-28-/t35-,36-/m1/s1. The van der Waals surface area contributed by atoms with E-state index in [-0.39, 0.29) is 25.9 Å². The van der Waals surface area contributed by atoms with E-state index in [2.05, 4.69) is 36.7 Å². The van der Waals surface area contributed by atoms with E-state index >= 15 is 0 Å². The van der Waals surface area contributed by atoms with Crippen LogP contribution in [0.1, 0.15) is 48.9 Å². The van der Waals surface area contributed by atoms with Gasteiger partial charge in [-0.15, -0.1) is 0 Å². The number of carbonyl (C=O) groups is 4. The monoisotopic (exact) mass is 699 g/mol. The summed E-state index contributed by atoms with van der Waals surface area (Å²) >= 11 is 0. The summed E-state index contributed by atoms with van der Waals surface area (Å²) in [6.45, 7) is 3.50. The number of benzene rings is 4. The highest BCUT2D eigenvalue weighted by molar-refractivity contribution is 6.00. The molecule has 1 aromatic heterocycles. The molecule has 0 bridgehead atoms. The van der Waals surface area contributed by atoms with Crippen molar-refractivity contribution in [3.63, 3.8) is 0 Å². The molecule has 0 aliphatic heterocycles. The van der Waals surface area contributed by atoms with Crippen molar-refractivity contribution in [1.29, 1.82) is 0 Å². The van der Waals surface area contributed by atoms with Gasteiger partial charge in [-0.3, -0.25) is 14.4 Å². The first-order chi connectivity index (χ1) is 25.3. The molecule has 0 saturated heterocycles. The van der Waals surface area contributed by atoms with Gasteiger partial charge in [0.2, 0.25) is 11.8 Å². The molecule has 5 N–H and O–H groups in total. The molecule has 0 spiro atoms. The highest BCUT2D eigenvalue weighted by Gasteiger charge is 2.29. The number of para-hydroxylation sites is 1. The Bertz CT molecular complexity index is 2030. The molecular formula is C40H41N7O5. The zero-order valence-electron chi connectivity index (χ0n) is 29.0. The maximum absolute atomic E-state index is 13.9. The van der Waals surface area contributed by atoms with Crippen LogP contribution in [0.2, 0.25) is 0 Å². The van der Waals surface area contributed by atoms with Gasteiger partial charge >= 0.3 is 6.09 Å². The molecule has 2 atom stereocenters. The van der Waals surface area contributed by atoms with Crippen molar-refractivity contribution in [1.82, 2.24) is 26.5 Å². The number of fused-ring (bicyclic) bond motifs is 1. The summed E-state index contributed by atoms with van der Waals surface area (Å²) in [6, 6.07) is 33.1. The van der Waals surface area contributed by atoms with Gasteiger partial charge in [-0.1, -0.05) is 109 Å². The maximum atomic E-state index is 13.9. The number of aromatic amines is 1. The number of hydrazone groups is 2. The molecule has 0 fully saturated rings. The van der Waals surface area contributed by atoms with E-state index in [9.17, 15) is 19.2 Å². The van der Waals surface area contributed by atoms with Crippen LogP contribution in [-0.2, 0) is 32.1 Å². The first-order valence-electron chi connectivity index (χ1n) is 16.9. The number of ether oxygens (including phenoxy) is 1. The van der Waals surface area contributed by atoms with E-state index in [4.69, 9.17) is 4.74 Å². The second-order valence-corrected chi connectivity index (χ2v) is 12.1. The summed E-state index contributed by atoms with van der Waals surface area (Å²) in [7, 11) is 0. The Balaban J connectivity index is 1.32. The molecule has 0 unspecified atom stereocenters. The quantitative estimate of drug-likeness (QED) is 0.0733. The van der Waals surface area contributed by atoms with Crippen LogP contribution in [0.3, 0.4) is 0 Å². The lowest BCUT2D eigenvalue weighted by Gasteiger charge is -2.22. The summed E-state index contributed by atoms with van der Waals surface area (Å²) in [5.74, 6) is -1.72. The molecule has 4 amide bonds. The van der Waals surface area contributed by atoms with Crippen LogP contribution in [0.4, 0.5) is 4.79 Å². The zero-order valence-corrected chi connectivity index (χ0v) is 29.0. The van der Waals surface area contributed by atoms with Crippen molar-refractivity contribution in [3.05, 3.63) is 144 Å². The summed E-state index contributed by atoms with van der Waals surface area (Å²) in [4.78, 5) is 56.6. The van der Waals surface area contributed by atoms with Gasteiger partial charge in [0.25, 0.3) is 5.91 Å². The normalized spacial score (nSPS) is 12.7. The molecule has 1 heterocycles. The number of nitrogens with one attached hydrogen (secondary N) is 5. The third-order valence-corrected chi connectivity index (χ3v) is 8.28. The molecule has 266 valence electrons. The predicted molar refractivity (Wildman–Crippen MR) is 200 cm³/mol. The van der Waals surface area contributed by atoms with Crippen molar-refractivity contribution in [2.75, 3.05) is 0 Å². The van der Waals surface area contributed by atoms with E-state index in [0.29, 0.717) is 11.4 Å². The minimum absolute atomic E-state index is 0.0284. The highest BCUT2D eigenvalue weighted by atomic mass is 16.5. The molecule has 0 saturated carbocycles. The summed E-state index contributed by atoms with van der Waals surface area (Å²) < 4.78 is 5.38. The number of alkyl carbamates (subject to hydrolysis) is 1. The van der Waals surface area contributed by atoms with Gasteiger partial charge in [-0.25, -0.2) is 15.6 Å². The number of aromatic nitrogens is 1. The number of rotatable bonds is 15. The van der Waals surface area contributed by atoms with E-state index in [1.807, 2.05) is 103 Å². The smallest absolute Gasteiger partial charge is 0.408 e. The van der Waals surface area contributed by atoms with E-state index in [0.717, 1.165) is 33.2 Å². The second kappa shape index (κ2) is 18.4. The minimum Gasteiger partial charge on any atom is -0.445 e. The van der Waals surface area contributed by atoms with Crippen molar-refractivity contribution < 1.29 is 23.9 Å². The summed E-state index contributed by atoms with van der Waals surface area (Å²) in [6.07, 6.45) is 0.769. The van der Waals surface area contributed by atoms with Crippen molar-refractivity contribution in [2.45, 2.75) is 51.8 Å². The Hall–Kier alpha value is -6.56. The maximum Gasteiger partial charge on any atom is 0.408 e. The molecule has 0 radical (unpaired) electrons. The molecule has 0 aliphatic rings. The van der Waals surface area contributed by atoms with Gasteiger partial charge < -0.3 is 20.4 Å². The van der Waals surface area contributed by atoms with E-state index in [1.165, 1.54) is 0 Å². The van der Waals surface area contributed by atoms with Gasteiger partial charge in [0.05, 0.1) is 11.4 Å². The van der Waals surface area contributed by atoms with Crippen LogP contribution in [-0.4, -0.2) is 52.3 Å². The Morgan fingerprint density at radius 2 is 1.25 bits per heavy atom. The number of hydrogen-bond donors (Lipinski definition) is 5. The Kier molecular flexibility index (Phi) is 13.0. The SMILES string of the molecule is C/C(=N/NC(=O)CC[C@@H](NC(=O)OCc1ccccc1)C(=O)N[C@H](Cc1c[nH]c2ccccc12)C(=O)N/N=C(/C)c1ccccc1)c1ccccc1. The fourth-order valence-corrected chi connectivity index (χ4v) is 5.36. The fraction of sp³-hybridized carbons (Fsp3) is 0.200. The van der Waals surface area contributed by atoms with Crippen LogP contribution in [0, 0.1) is 0 Å². The van der Waals surface area contributed by atoms with Crippen LogP contribution in [0.25, 0.3) is 10.9 Å². The third-order valence-electron chi connectivity index (χ3n) is 8.28. The Labute approximate surface area is 301 Å². The first-order valence-corrected chi connectivity index (χ1v) is 16.9. The van der Waals surface area contributed by atoms with Gasteiger partial charge in [0.15, 0.2) is 0 Å². The van der Waals surface area contributed by atoms with Crippen LogP contribution >= 0.6 is 0 Å². The fourth-order valence-electron chi connectivity index (χ4n) is 5.36. The first kappa shape index (κ1) is 36.7. The molecule has 4 aromatic carbocycles. The van der Waals surface area contributed by atoms with Gasteiger partial charge in [0, 0.05) is 29.9 Å². The summed E-state index contributed by atoms with van der Waals surface area (Å²) in [5.41, 5.74) is 10.3. The number of nitrogens with zero attached hydrogens (tertiary/aromatic N) is 2. The molecule has 5 rings (SSSR count). The molecule has 52 heavy (non-hydrogen) atoms. The van der Waals surface area contributed by atoms with Gasteiger partial charge in [0.1, 0.15) is 18.7 Å². The lowest BCUT2D eigenvalue weighted by Crippen LogP contribution is -2.54. The average molecular weight is 700 g/mol. The van der Waals surface area contributed by atoms with Crippen molar-refractivity contribution >= 4 is 46.1 Å². The molecule has 12 heteroatoms. The van der Waals surface area contributed by atoms with Crippen molar-refractivity contribution in [3.8, 4) is 0 Å². The molecular weight excluding hydrogens is 658 g/mol. The molecule has 5 aromatic rings. The van der Waals surface area contributed by atoms with Crippen LogP contribution in [0.5, 0.6) is 0 Å². The lowest BCUT2D eigenvalue weighted by molar-refractivity contribution is -0.130. The highest BCUT2D eigenvalue weighted by Crippen LogP contribution is 2.19. The zero-order chi connectivity index (χ0) is 36.7. The van der Waals surface area contributed by atoms with E-state index < -0.39 is 35.9 Å². The molecule has 12 nitrogen and oxygen atoms in total. The van der Waals surface area contributed by atoms with Crippen LogP contribution < -0.4 is 21.5 Å². The Morgan fingerprint density at radius 1 is 0.673 bits per heavy atom. The lowest BCUT2D eigenvalue weighted by atomic mass is 10.0. The predicted octanol–water partition coefficient (Wildman–Crippen LogP) is 5.35. The number of hydrogen-bond acceptors (Lipinski definition) is 7. The van der Waals surface area contributed by atoms with Crippen molar-refractivity contribution in [2.24, 2.45) is 10.2 Å². The molecule has 0 aliphatic carbocycles. The average Bonchev–Trinajstić information content (AvgIpc) is 3.59. The van der Waals surface area contributed by atoms with Gasteiger partial charge in [-0.2, -0.15) is 10.2 Å². The van der Waals surface area contributed by atoms with Crippen LogP contribution in [0.15, 0.2) is 132 Å². The minimum atomic E-state index is -1.24. The number of amides is 4. The largest absolute Gasteiger partial charge is 0.445 e. The van der Waals surface area contributed by atoms with E-state index in [1.54, 1.807) is 32.2 Å². The third kappa shape index (κ3) is 10.7.